The maximum Gasteiger partial charge on any atom is 0.416 e. The topological polar surface area (TPSA) is 58.6 Å². The zero-order valence-corrected chi connectivity index (χ0v) is 19.4. The lowest BCUT2D eigenvalue weighted by Gasteiger charge is -2.33. The summed E-state index contributed by atoms with van der Waals surface area (Å²) in [5.74, 6) is 0.936. The number of alkyl halides is 3. The summed E-state index contributed by atoms with van der Waals surface area (Å²) in [7, 11) is 3.17. The van der Waals surface area contributed by atoms with E-state index in [2.05, 4.69) is 9.88 Å². The molecule has 0 spiro atoms. The van der Waals surface area contributed by atoms with Gasteiger partial charge in [0.25, 0.3) is 0 Å². The van der Waals surface area contributed by atoms with Crippen LogP contribution in [0.1, 0.15) is 29.7 Å². The fraction of sp³-hybridized carbons (Fsp3) is 0.400. The van der Waals surface area contributed by atoms with Gasteiger partial charge in [-0.05, 0) is 43.5 Å². The standard InChI is InChI=1S/C25H27F3N4O2/c1-16-20-9-8-19(34-3)14-22(20)30-24(29-16)32-12-10-17(11-13-32)23(33)31(2)15-18-6-4-5-7-21(18)25(26,27)28/h4-9,14,17H,10-13,15H2,1-3H3. The van der Waals surface area contributed by atoms with Gasteiger partial charge in [0.1, 0.15) is 5.75 Å². The van der Waals surface area contributed by atoms with Gasteiger partial charge in [0.05, 0.1) is 23.9 Å². The number of methoxy groups -OCH3 is 1. The van der Waals surface area contributed by atoms with Gasteiger partial charge < -0.3 is 14.5 Å². The van der Waals surface area contributed by atoms with Gasteiger partial charge in [-0.1, -0.05) is 18.2 Å². The first kappa shape index (κ1) is 23.8. The molecule has 1 aliphatic heterocycles. The van der Waals surface area contributed by atoms with Crippen molar-refractivity contribution in [3.63, 3.8) is 0 Å². The molecule has 1 fully saturated rings. The first-order valence-corrected chi connectivity index (χ1v) is 11.1. The van der Waals surface area contributed by atoms with Crippen molar-refractivity contribution in [1.29, 1.82) is 0 Å². The third-order valence-electron chi connectivity index (χ3n) is 6.32. The molecule has 4 rings (SSSR count). The van der Waals surface area contributed by atoms with Gasteiger partial charge in [-0.3, -0.25) is 4.79 Å². The molecule has 1 aromatic heterocycles. The number of hydrogen-bond acceptors (Lipinski definition) is 5. The van der Waals surface area contributed by atoms with Crippen molar-refractivity contribution in [2.24, 2.45) is 5.92 Å². The van der Waals surface area contributed by atoms with Crippen LogP contribution in [0.5, 0.6) is 5.75 Å². The molecule has 0 atom stereocenters. The number of ether oxygens (including phenoxy) is 1. The van der Waals surface area contributed by atoms with Gasteiger partial charge in [0.2, 0.25) is 11.9 Å². The highest BCUT2D eigenvalue weighted by atomic mass is 19.4. The van der Waals surface area contributed by atoms with E-state index in [1.165, 1.54) is 17.0 Å². The lowest BCUT2D eigenvalue weighted by molar-refractivity contribution is -0.140. The first-order chi connectivity index (χ1) is 16.2. The average Bonchev–Trinajstić information content (AvgIpc) is 2.82. The Morgan fingerprint density at radius 2 is 1.85 bits per heavy atom. The summed E-state index contributed by atoms with van der Waals surface area (Å²) in [6, 6.07) is 11.1. The zero-order valence-electron chi connectivity index (χ0n) is 19.4. The van der Waals surface area contributed by atoms with Gasteiger partial charge in [0, 0.05) is 44.1 Å². The molecule has 1 amide bonds. The minimum Gasteiger partial charge on any atom is -0.497 e. The van der Waals surface area contributed by atoms with E-state index in [4.69, 9.17) is 9.72 Å². The zero-order chi connectivity index (χ0) is 24.5. The van der Waals surface area contributed by atoms with E-state index < -0.39 is 11.7 Å². The highest BCUT2D eigenvalue weighted by molar-refractivity contribution is 5.83. The molecular weight excluding hydrogens is 445 g/mol. The predicted octanol–water partition coefficient (Wildman–Crippen LogP) is 4.84. The molecule has 180 valence electrons. The molecule has 9 heteroatoms. The molecule has 0 aliphatic carbocycles. The minimum atomic E-state index is -4.45. The SMILES string of the molecule is COc1ccc2c(C)nc(N3CCC(C(=O)N(C)Cc4ccccc4C(F)(F)F)CC3)nc2c1. The number of fused-ring (bicyclic) bond motifs is 1. The second-order valence-corrected chi connectivity index (χ2v) is 8.60. The maximum atomic E-state index is 13.3. The summed E-state index contributed by atoms with van der Waals surface area (Å²) in [6.45, 7) is 3.05. The average molecular weight is 473 g/mol. The summed E-state index contributed by atoms with van der Waals surface area (Å²) in [6.07, 6.45) is -3.28. The van der Waals surface area contributed by atoms with Crippen molar-refractivity contribution < 1.29 is 22.7 Å². The Labute approximate surface area is 196 Å². The van der Waals surface area contributed by atoms with Crippen LogP contribution in [0.2, 0.25) is 0 Å². The largest absolute Gasteiger partial charge is 0.497 e. The van der Waals surface area contributed by atoms with Crippen molar-refractivity contribution in [2.75, 3.05) is 32.1 Å². The molecule has 3 aromatic rings. The van der Waals surface area contributed by atoms with Gasteiger partial charge in [-0.15, -0.1) is 0 Å². The Morgan fingerprint density at radius 1 is 1.15 bits per heavy atom. The van der Waals surface area contributed by atoms with Crippen LogP contribution >= 0.6 is 0 Å². The molecule has 0 N–H and O–H groups in total. The number of halogens is 3. The number of carbonyl (C=O) groups excluding carboxylic acids is 1. The van der Waals surface area contributed by atoms with Crippen LogP contribution in [0.4, 0.5) is 19.1 Å². The summed E-state index contributed by atoms with van der Waals surface area (Å²) in [5.41, 5.74) is 1.05. The highest BCUT2D eigenvalue weighted by Gasteiger charge is 2.34. The third-order valence-corrected chi connectivity index (χ3v) is 6.32. The van der Waals surface area contributed by atoms with E-state index in [0.29, 0.717) is 31.9 Å². The van der Waals surface area contributed by atoms with E-state index in [-0.39, 0.29) is 23.9 Å². The molecule has 1 aliphatic rings. The number of hydrogen-bond donors (Lipinski definition) is 0. The van der Waals surface area contributed by atoms with Gasteiger partial charge >= 0.3 is 6.18 Å². The lowest BCUT2D eigenvalue weighted by atomic mass is 9.95. The number of aryl methyl sites for hydroxylation is 1. The summed E-state index contributed by atoms with van der Waals surface area (Å²) < 4.78 is 45.2. The second kappa shape index (κ2) is 9.48. The monoisotopic (exact) mass is 472 g/mol. The quantitative estimate of drug-likeness (QED) is 0.532. The molecule has 0 saturated carbocycles. The van der Waals surface area contributed by atoms with Crippen LogP contribution in [0.15, 0.2) is 42.5 Å². The van der Waals surface area contributed by atoms with Crippen molar-refractivity contribution in [3.8, 4) is 5.75 Å². The van der Waals surface area contributed by atoms with E-state index >= 15 is 0 Å². The van der Waals surface area contributed by atoms with Crippen LogP contribution in [-0.2, 0) is 17.5 Å². The molecule has 0 radical (unpaired) electrons. The molecular formula is C25H27F3N4O2. The number of carbonyl (C=O) groups is 1. The maximum absolute atomic E-state index is 13.3. The van der Waals surface area contributed by atoms with Crippen LogP contribution in [-0.4, -0.2) is 48.0 Å². The van der Waals surface area contributed by atoms with Crippen molar-refractivity contribution in [1.82, 2.24) is 14.9 Å². The molecule has 2 heterocycles. The van der Waals surface area contributed by atoms with Crippen LogP contribution in [0.3, 0.4) is 0 Å². The number of aromatic nitrogens is 2. The van der Waals surface area contributed by atoms with Crippen LogP contribution in [0.25, 0.3) is 10.9 Å². The van der Waals surface area contributed by atoms with Crippen molar-refractivity contribution in [2.45, 2.75) is 32.5 Å². The summed E-state index contributed by atoms with van der Waals surface area (Å²) >= 11 is 0. The van der Waals surface area contributed by atoms with Crippen LogP contribution in [0, 0.1) is 12.8 Å². The van der Waals surface area contributed by atoms with Crippen molar-refractivity contribution in [3.05, 3.63) is 59.3 Å². The number of nitrogens with zero attached hydrogens (tertiary/aromatic N) is 4. The summed E-state index contributed by atoms with van der Waals surface area (Å²) in [5, 5.41) is 0.954. The second-order valence-electron chi connectivity index (χ2n) is 8.60. The Morgan fingerprint density at radius 3 is 2.53 bits per heavy atom. The normalized spacial score (nSPS) is 14.9. The highest BCUT2D eigenvalue weighted by Crippen LogP contribution is 2.33. The molecule has 6 nitrogen and oxygen atoms in total. The Bertz CT molecular complexity index is 1190. The van der Waals surface area contributed by atoms with Gasteiger partial charge in [-0.2, -0.15) is 13.2 Å². The van der Waals surface area contributed by atoms with E-state index in [1.54, 1.807) is 20.2 Å². The van der Waals surface area contributed by atoms with E-state index in [9.17, 15) is 18.0 Å². The fourth-order valence-electron chi connectivity index (χ4n) is 4.43. The van der Waals surface area contributed by atoms with E-state index in [1.807, 2.05) is 25.1 Å². The smallest absolute Gasteiger partial charge is 0.416 e. The Kier molecular flexibility index (Phi) is 6.63. The minimum absolute atomic E-state index is 0.0798. The number of anilines is 1. The first-order valence-electron chi connectivity index (χ1n) is 11.1. The number of amides is 1. The molecule has 0 unspecified atom stereocenters. The van der Waals surface area contributed by atoms with Gasteiger partial charge in [-0.25, -0.2) is 9.97 Å². The third kappa shape index (κ3) is 4.93. The Balaban J connectivity index is 1.42. The molecule has 1 saturated heterocycles. The summed E-state index contributed by atoms with van der Waals surface area (Å²) in [4.78, 5) is 25.8. The number of benzene rings is 2. The van der Waals surface area contributed by atoms with Crippen LogP contribution < -0.4 is 9.64 Å². The molecule has 34 heavy (non-hydrogen) atoms. The van der Waals surface area contributed by atoms with Gasteiger partial charge in [0.15, 0.2) is 0 Å². The van der Waals surface area contributed by atoms with E-state index in [0.717, 1.165) is 28.4 Å². The number of rotatable bonds is 5. The lowest BCUT2D eigenvalue weighted by Crippen LogP contribution is -2.41. The fourth-order valence-corrected chi connectivity index (χ4v) is 4.43. The van der Waals surface area contributed by atoms with Crippen molar-refractivity contribution >= 4 is 22.8 Å². The molecule has 2 aromatic carbocycles. The number of piperidine rings is 1. The predicted molar refractivity (Wildman–Crippen MR) is 124 cm³/mol. The molecule has 0 bridgehead atoms. The Hall–Kier alpha value is -3.36.